The fraction of sp³-hybridized carbons (Fsp3) is 0.400. The monoisotopic (exact) mass is 274 g/mol. The number of fused-ring (bicyclic) bond motifs is 1. The fourth-order valence-corrected chi connectivity index (χ4v) is 3.88. The summed E-state index contributed by atoms with van der Waals surface area (Å²) in [5, 5.41) is 12.9. The Bertz CT molecular complexity index is 570. The second-order valence-corrected chi connectivity index (χ2v) is 6.17. The number of nitrogens with zero attached hydrogens (tertiary/aromatic N) is 2. The Morgan fingerprint density at radius 2 is 2.21 bits per heavy atom. The van der Waals surface area contributed by atoms with Gasteiger partial charge in [0.2, 0.25) is 0 Å². The zero-order valence-electron chi connectivity index (χ0n) is 11.0. The van der Waals surface area contributed by atoms with Crippen molar-refractivity contribution in [1.29, 1.82) is 0 Å². The van der Waals surface area contributed by atoms with Gasteiger partial charge >= 0.3 is 0 Å². The second-order valence-electron chi connectivity index (χ2n) is 5.02. The predicted molar refractivity (Wildman–Crippen MR) is 80.4 cm³/mol. The van der Waals surface area contributed by atoms with Crippen molar-refractivity contribution >= 4 is 22.5 Å². The van der Waals surface area contributed by atoms with E-state index in [2.05, 4.69) is 23.0 Å². The maximum absolute atomic E-state index is 10.7. The Balaban J connectivity index is 1.99. The second kappa shape index (κ2) is 5.49. The Morgan fingerprint density at radius 3 is 3.05 bits per heavy atom. The fourth-order valence-electron chi connectivity index (χ4n) is 2.62. The van der Waals surface area contributed by atoms with E-state index in [9.17, 15) is 5.11 Å². The zero-order valence-corrected chi connectivity index (χ0v) is 11.8. The van der Waals surface area contributed by atoms with Gasteiger partial charge in [0.1, 0.15) is 0 Å². The van der Waals surface area contributed by atoms with Gasteiger partial charge in [-0.3, -0.25) is 9.88 Å². The molecule has 1 aliphatic heterocycles. The number of hydrogen-bond acceptors (Lipinski definition) is 4. The van der Waals surface area contributed by atoms with Gasteiger partial charge in [0.05, 0.1) is 6.10 Å². The van der Waals surface area contributed by atoms with E-state index in [0.29, 0.717) is 0 Å². The molecule has 2 atom stereocenters. The molecule has 1 aliphatic rings. The average Bonchev–Trinajstić information content (AvgIpc) is 2.46. The highest BCUT2D eigenvalue weighted by atomic mass is 32.2. The topological polar surface area (TPSA) is 36.4 Å². The molecule has 1 N–H and O–H groups in total. The van der Waals surface area contributed by atoms with Gasteiger partial charge < -0.3 is 5.11 Å². The number of rotatable bonds is 2. The summed E-state index contributed by atoms with van der Waals surface area (Å²) in [6.07, 6.45) is 3.18. The third-order valence-corrected chi connectivity index (χ3v) is 4.87. The normalized spacial score (nSPS) is 22.5. The van der Waals surface area contributed by atoms with Crippen LogP contribution in [0.2, 0.25) is 0 Å². The lowest BCUT2D eigenvalue weighted by molar-refractivity contribution is 0.0767. The minimum atomic E-state index is -0.476. The summed E-state index contributed by atoms with van der Waals surface area (Å²) in [7, 11) is 2.09. The van der Waals surface area contributed by atoms with Crippen molar-refractivity contribution in [3.8, 4) is 0 Å². The van der Waals surface area contributed by atoms with E-state index in [4.69, 9.17) is 0 Å². The van der Waals surface area contributed by atoms with Crippen molar-refractivity contribution in [2.24, 2.45) is 0 Å². The summed E-state index contributed by atoms with van der Waals surface area (Å²) in [5.74, 6) is 2.12. The van der Waals surface area contributed by atoms with E-state index in [1.54, 1.807) is 6.20 Å². The van der Waals surface area contributed by atoms with Gasteiger partial charge in [-0.05, 0) is 12.4 Å². The third-order valence-electron chi connectivity index (χ3n) is 3.83. The summed E-state index contributed by atoms with van der Waals surface area (Å²) >= 11 is 1.91. The van der Waals surface area contributed by atoms with Crippen LogP contribution in [0, 0.1) is 0 Å². The molecule has 1 aromatic carbocycles. The number of thioether (sulfide) groups is 1. The predicted octanol–water partition coefficient (Wildman–Crippen LogP) is 2.32. The highest BCUT2D eigenvalue weighted by Crippen LogP contribution is 2.30. The third kappa shape index (κ3) is 2.48. The first kappa shape index (κ1) is 12.9. The standard InChI is InChI=1S/C15H18N2OS/c1-17-6-7-19-10-14(17)15(18)13-9-16-8-11-4-2-3-5-12(11)13/h2-5,8-9,14-15,18H,6-7,10H2,1H3. The Hall–Kier alpha value is -1.10. The minimum Gasteiger partial charge on any atom is -0.387 e. The molecule has 1 fully saturated rings. The van der Waals surface area contributed by atoms with Crippen molar-refractivity contribution in [3.05, 3.63) is 42.2 Å². The molecule has 0 saturated carbocycles. The number of pyridine rings is 1. The highest BCUT2D eigenvalue weighted by Gasteiger charge is 2.28. The van der Waals surface area contributed by atoms with Gasteiger partial charge in [-0.25, -0.2) is 0 Å². The van der Waals surface area contributed by atoms with Crippen LogP contribution >= 0.6 is 11.8 Å². The maximum atomic E-state index is 10.7. The van der Waals surface area contributed by atoms with E-state index in [1.165, 1.54) is 0 Å². The molecule has 0 aliphatic carbocycles. The summed E-state index contributed by atoms with van der Waals surface area (Å²) in [5.41, 5.74) is 0.942. The first-order chi connectivity index (χ1) is 9.27. The van der Waals surface area contributed by atoms with Gasteiger partial charge in [-0.15, -0.1) is 0 Å². The smallest absolute Gasteiger partial charge is 0.0973 e. The summed E-state index contributed by atoms with van der Waals surface area (Å²) < 4.78 is 0. The Kier molecular flexibility index (Phi) is 3.73. The molecule has 1 aromatic heterocycles. The lowest BCUT2D eigenvalue weighted by Crippen LogP contribution is -2.43. The molecule has 0 amide bonds. The molecule has 19 heavy (non-hydrogen) atoms. The number of hydrogen-bond donors (Lipinski definition) is 1. The molecular formula is C15H18N2OS. The Labute approximate surface area is 117 Å². The van der Waals surface area contributed by atoms with Crippen molar-refractivity contribution in [1.82, 2.24) is 9.88 Å². The van der Waals surface area contributed by atoms with Crippen LogP contribution in [0.1, 0.15) is 11.7 Å². The summed E-state index contributed by atoms with van der Waals surface area (Å²) in [6, 6.07) is 8.29. The van der Waals surface area contributed by atoms with E-state index >= 15 is 0 Å². The van der Waals surface area contributed by atoms with Crippen LogP contribution in [0.3, 0.4) is 0 Å². The van der Waals surface area contributed by atoms with Crippen LogP contribution in [0.25, 0.3) is 10.8 Å². The lowest BCUT2D eigenvalue weighted by Gasteiger charge is -2.35. The molecule has 3 rings (SSSR count). The number of aliphatic hydroxyl groups excluding tert-OH is 1. The molecule has 0 bridgehead atoms. The van der Waals surface area contributed by atoms with Gasteiger partial charge in [-0.2, -0.15) is 11.8 Å². The van der Waals surface area contributed by atoms with Crippen molar-refractivity contribution in [3.63, 3.8) is 0 Å². The Morgan fingerprint density at radius 1 is 1.37 bits per heavy atom. The van der Waals surface area contributed by atoms with Crippen molar-refractivity contribution < 1.29 is 5.11 Å². The van der Waals surface area contributed by atoms with Crippen LogP contribution < -0.4 is 0 Å². The van der Waals surface area contributed by atoms with Crippen molar-refractivity contribution in [2.45, 2.75) is 12.1 Å². The first-order valence-electron chi connectivity index (χ1n) is 6.56. The van der Waals surface area contributed by atoms with E-state index in [0.717, 1.165) is 34.4 Å². The van der Waals surface area contributed by atoms with Crippen LogP contribution in [0.4, 0.5) is 0 Å². The van der Waals surface area contributed by atoms with Gasteiger partial charge in [-0.1, -0.05) is 24.3 Å². The van der Waals surface area contributed by atoms with Crippen LogP contribution in [-0.2, 0) is 0 Å². The molecular weight excluding hydrogens is 256 g/mol. The number of benzene rings is 1. The molecule has 0 spiro atoms. The van der Waals surface area contributed by atoms with E-state index in [1.807, 2.05) is 36.2 Å². The van der Waals surface area contributed by atoms with Gasteiger partial charge in [0.25, 0.3) is 0 Å². The molecule has 1 saturated heterocycles. The largest absolute Gasteiger partial charge is 0.387 e. The molecule has 0 radical (unpaired) electrons. The average molecular weight is 274 g/mol. The highest BCUT2D eigenvalue weighted by molar-refractivity contribution is 7.99. The van der Waals surface area contributed by atoms with Gasteiger partial charge in [0.15, 0.2) is 0 Å². The summed E-state index contributed by atoms with van der Waals surface area (Å²) in [4.78, 5) is 6.52. The van der Waals surface area contributed by atoms with Crippen LogP contribution in [0.5, 0.6) is 0 Å². The minimum absolute atomic E-state index is 0.173. The molecule has 2 aromatic rings. The number of aliphatic hydroxyl groups is 1. The zero-order chi connectivity index (χ0) is 13.2. The molecule has 3 nitrogen and oxygen atoms in total. The number of aromatic nitrogens is 1. The van der Waals surface area contributed by atoms with E-state index in [-0.39, 0.29) is 6.04 Å². The van der Waals surface area contributed by atoms with Gasteiger partial charge in [0, 0.05) is 47.4 Å². The SMILES string of the molecule is CN1CCSCC1C(O)c1cncc2ccccc12. The van der Waals surface area contributed by atoms with Crippen LogP contribution in [0.15, 0.2) is 36.7 Å². The lowest BCUT2D eigenvalue weighted by atomic mass is 9.98. The molecule has 2 unspecified atom stereocenters. The van der Waals surface area contributed by atoms with E-state index < -0.39 is 6.10 Å². The quantitative estimate of drug-likeness (QED) is 0.912. The van der Waals surface area contributed by atoms with Crippen LogP contribution in [-0.4, -0.2) is 46.1 Å². The maximum Gasteiger partial charge on any atom is 0.0973 e. The molecule has 2 heterocycles. The summed E-state index contributed by atoms with van der Waals surface area (Å²) in [6.45, 7) is 1.03. The number of likely N-dealkylation sites (N-methyl/N-ethyl adjacent to an activating group) is 1. The molecule has 4 heteroatoms. The van der Waals surface area contributed by atoms with Crippen molar-refractivity contribution in [2.75, 3.05) is 25.1 Å². The molecule has 100 valence electrons. The first-order valence-corrected chi connectivity index (χ1v) is 7.71.